The van der Waals surface area contributed by atoms with E-state index in [4.69, 9.17) is 0 Å². The molecule has 5 nitrogen and oxygen atoms in total. The van der Waals surface area contributed by atoms with Crippen LogP contribution in [0.1, 0.15) is 17.3 Å². The Morgan fingerprint density at radius 2 is 1.85 bits per heavy atom. The molecule has 0 saturated heterocycles. The zero-order valence-electron chi connectivity index (χ0n) is 11.1. The van der Waals surface area contributed by atoms with E-state index >= 15 is 0 Å². The van der Waals surface area contributed by atoms with Crippen LogP contribution in [0.15, 0.2) is 61.1 Å². The lowest BCUT2D eigenvalue weighted by Crippen LogP contribution is -2.21. The smallest absolute Gasteiger partial charge is 0.0766 e. The Hall–Kier alpha value is -2.53. The Labute approximate surface area is 117 Å². The molecule has 0 radical (unpaired) electrons. The predicted octanol–water partition coefficient (Wildman–Crippen LogP) is 1.97. The Bertz CT molecular complexity index is 663. The first-order valence-electron chi connectivity index (χ1n) is 6.43. The fraction of sp³-hybridized carbons (Fsp3) is 0.133. The minimum Gasteiger partial charge on any atom is -0.308 e. The van der Waals surface area contributed by atoms with Crippen molar-refractivity contribution in [1.82, 2.24) is 25.3 Å². The van der Waals surface area contributed by atoms with Crippen molar-refractivity contribution in [2.45, 2.75) is 6.04 Å². The Morgan fingerprint density at radius 3 is 2.55 bits per heavy atom. The summed E-state index contributed by atoms with van der Waals surface area (Å²) >= 11 is 0. The molecule has 2 heterocycles. The van der Waals surface area contributed by atoms with Crippen LogP contribution in [-0.4, -0.2) is 27.0 Å². The molecule has 3 aromatic rings. The highest BCUT2D eigenvalue weighted by atomic mass is 15.3. The van der Waals surface area contributed by atoms with Gasteiger partial charge in [0.05, 0.1) is 23.6 Å². The van der Waals surface area contributed by atoms with Gasteiger partial charge >= 0.3 is 0 Å². The molecule has 0 aliphatic rings. The number of nitrogens with one attached hydrogen (secondary N) is 1. The van der Waals surface area contributed by atoms with Crippen LogP contribution < -0.4 is 5.32 Å². The highest BCUT2D eigenvalue weighted by Gasteiger charge is 2.17. The summed E-state index contributed by atoms with van der Waals surface area (Å²) in [5.41, 5.74) is 3.15. The summed E-state index contributed by atoms with van der Waals surface area (Å²) in [6.07, 6.45) is 5.27. The quantitative estimate of drug-likeness (QED) is 0.783. The van der Waals surface area contributed by atoms with Gasteiger partial charge in [-0.15, -0.1) is 0 Å². The first-order chi connectivity index (χ1) is 9.90. The third-order valence-electron chi connectivity index (χ3n) is 3.20. The van der Waals surface area contributed by atoms with Gasteiger partial charge in [-0.25, -0.2) is 4.68 Å². The third kappa shape index (κ3) is 2.31. The maximum Gasteiger partial charge on any atom is 0.0766 e. The second kappa shape index (κ2) is 5.63. The number of hydrogen-bond acceptors (Lipinski definition) is 4. The van der Waals surface area contributed by atoms with Gasteiger partial charge in [0.2, 0.25) is 0 Å². The van der Waals surface area contributed by atoms with E-state index in [1.165, 1.54) is 0 Å². The second-order valence-electron chi connectivity index (χ2n) is 4.40. The van der Waals surface area contributed by atoms with Gasteiger partial charge in [0.15, 0.2) is 0 Å². The van der Waals surface area contributed by atoms with Crippen molar-refractivity contribution in [3.05, 3.63) is 72.3 Å². The number of para-hydroxylation sites is 1. The first-order valence-corrected chi connectivity index (χ1v) is 6.43. The summed E-state index contributed by atoms with van der Waals surface area (Å²) in [4.78, 5) is 0. The minimum absolute atomic E-state index is 0.0215. The molecule has 100 valence electrons. The molecule has 1 unspecified atom stereocenters. The van der Waals surface area contributed by atoms with Crippen molar-refractivity contribution in [2.75, 3.05) is 7.05 Å². The Balaban J connectivity index is 2.04. The van der Waals surface area contributed by atoms with Crippen LogP contribution in [0.2, 0.25) is 0 Å². The molecule has 0 amide bonds. The van der Waals surface area contributed by atoms with E-state index < -0.39 is 0 Å². The lowest BCUT2D eigenvalue weighted by atomic mass is 10.1. The van der Waals surface area contributed by atoms with Crippen LogP contribution in [0, 0.1) is 0 Å². The van der Waals surface area contributed by atoms with Gasteiger partial charge in [-0.3, -0.25) is 0 Å². The highest BCUT2D eigenvalue weighted by molar-refractivity contribution is 5.35. The van der Waals surface area contributed by atoms with Crippen LogP contribution >= 0.6 is 0 Å². The summed E-state index contributed by atoms with van der Waals surface area (Å²) in [7, 11) is 1.92. The fourth-order valence-electron chi connectivity index (χ4n) is 2.27. The van der Waals surface area contributed by atoms with Gasteiger partial charge in [-0.2, -0.15) is 15.3 Å². The maximum absolute atomic E-state index is 4.42. The highest BCUT2D eigenvalue weighted by Crippen LogP contribution is 2.22. The zero-order chi connectivity index (χ0) is 13.8. The molecule has 0 fully saturated rings. The lowest BCUT2D eigenvalue weighted by Gasteiger charge is -2.18. The van der Waals surface area contributed by atoms with Gasteiger partial charge in [-0.1, -0.05) is 18.2 Å². The van der Waals surface area contributed by atoms with E-state index in [0.717, 1.165) is 16.9 Å². The van der Waals surface area contributed by atoms with Crippen molar-refractivity contribution in [3.63, 3.8) is 0 Å². The number of benzene rings is 1. The van der Waals surface area contributed by atoms with E-state index in [0.29, 0.717) is 0 Å². The molecular formula is C15H15N5. The normalized spacial score (nSPS) is 12.2. The zero-order valence-corrected chi connectivity index (χ0v) is 11.1. The van der Waals surface area contributed by atoms with Crippen molar-refractivity contribution in [1.29, 1.82) is 0 Å². The van der Waals surface area contributed by atoms with Crippen molar-refractivity contribution >= 4 is 0 Å². The van der Waals surface area contributed by atoms with Crippen LogP contribution in [0.5, 0.6) is 0 Å². The van der Waals surface area contributed by atoms with Gasteiger partial charge < -0.3 is 5.32 Å². The first kappa shape index (κ1) is 12.5. The molecule has 3 rings (SSSR count). The minimum atomic E-state index is 0.0215. The SMILES string of the molecule is CNC(c1ccnnc1)c1ccnn1-c1ccccc1. The lowest BCUT2D eigenvalue weighted by molar-refractivity contribution is 0.633. The molecular weight excluding hydrogens is 250 g/mol. The largest absolute Gasteiger partial charge is 0.308 e. The molecule has 1 aromatic carbocycles. The number of hydrogen-bond donors (Lipinski definition) is 1. The van der Waals surface area contributed by atoms with Gasteiger partial charge in [-0.05, 0) is 36.9 Å². The standard InChI is InChI=1S/C15H15N5/c1-16-15(12-7-9-17-18-11-12)14-8-10-19-20(14)13-5-3-2-4-6-13/h2-11,15-16H,1H3. The molecule has 1 atom stereocenters. The van der Waals surface area contributed by atoms with Crippen LogP contribution in [0.4, 0.5) is 0 Å². The van der Waals surface area contributed by atoms with Crippen molar-refractivity contribution in [3.8, 4) is 5.69 Å². The third-order valence-corrected chi connectivity index (χ3v) is 3.20. The van der Waals surface area contributed by atoms with Crippen molar-refractivity contribution in [2.24, 2.45) is 0 Å². The molecule has 0 aliphatic heterocycles. The average molecular weight is 265 g/mol. The summed E-state index contributed by atoms with van der Waals surface area (Å²) in [6.45, 7) is 0. The van der Waals surface area contributed by atoms with Gasteiger partial charge in [0.25, 0.3) is 0 Å². The van der Waals surface area contributed by atoms with E-state index in [-0.39, 0.29) is 6.04 Å². The number of aromatic nitrogens is 4. The Morgan fingerprint density at radius 1 is 1.00 bits per heavy atom. The summed E-state index contributed by atoms with van der Waals surface area (Å²) in [6, 6.07) is 14.1. The summed E-state index contributed by atoms with van der Waals surface area (Å²) < 4.78 is 1.93. The van der Waals surface area contributed by atoms with Gasteiger partial charge in [0.1, 0.15) is 0 Å². The molecule has 1 N–H and O–H groups in total. The van der Waals surface area contributed by atoms with Crippen LogP contribution in [-0.2, 0) is 0 Å². The van der Waals surface area contributed by atoms with E-state index in [1.807, 2.05) is 54.2 Å². The van der Waals surface area contributed by atoms with E-state index in [2.05, 4.69) is 20.6 Å². The van der Waals surface area contributed by atoms with Crippen LogP contribution in [0.25, 0.3) is 5.69 Å². The molecule has 0 saturated carbocycles. The van der Waals surface area contributed by atoms with Crippen LogP contribution in [0.3, 0.4) is 0 Å². The van der Waals surface area contributed by atoms with Crippen molar-refractivity contribution < 1.29 is 0 Å². The molecule has 0 spiro atoms. The van der Waals surface area contributed by atoms with E-state index in [1.54, 1.807) is 18.6 Å². The molecule has 5 heteroatoms. The summed E-state index contributed by atoms with van der Waals surface area (Å²) in [5.74, 6) is 0. The number of nitrogens with zero attached hydrogens (tertiary/aromatic N) is 4. The predicted molar refractivity (Wildman–Crippen MR) is 76.5 cm³/mol. The van der Waals surface area contributed by atoms with Gasteiger partial charge in [0, 0.05) is 12.4 Å². The Kier molecular flexibility index (Phi) is 3.52. The van der Waals surface area contributed by atoms with E-state index in [9.17, 15) is 0 Å². The fourth-order valence-corrected chi connectivity index (χ4v) is 2.27. The maximum atomic E-state index is 4.42. The molecule has 0 aliphatic carbocycles. The average Bonchev–Trinajstić information content (AvgIpc) is 2.99. The summed E-state index contributed by atoms with van der Waals surface area (Å²) in [5, 5.41) is 15.5. The second-order valence-corrected chi connectivity index (χ2v) is 4.40. The topological polar surface area (TPSA) is 55.6 Å². The number of rotatable bonds is 4. The monoisotopic (exact) mass is 265 g/mol. The molecule has 0 bridgehead atoms. The molecule has 20 heavy (non-hydrogen) atoms. The molecule has 2 aromatic heterocycles.